The van der Waals surface area contributed by atoms with Gasteiger partial charge in [0, 0.05) is 6.54 Å². The van der Waals surface area contributed by atoms with Crippen LogP contribution in [0.25, 0.3) is 0 Å². The smallest absolute Gasteiger partial charge is 0.407 e. The van der Waals surface area contributed by atoms with E-state index in [0.29, 0.717) is 0 Å². The van der Waals surface area contributed by atoms with E-state index >= 15 is 0 Å². The lowest BCUT2D eigenvalue weighted by molar-refractivity contribution is -0.0188. The molecule has 1 amide bonds. The molecular formula is C14H27NO3. The van der Waals surface area contributed by atoms with Gasteiger partial charge < -0.3 is 15.2 Å². The van der Waals surface area contributed by atoms with Crippen molar-refractivity contribution in [2.75, 3.05) is 6.54 Å². The van der Waals surface area contributed by atoms with Crippen molar-refractivity contribution in [3.05, 3.63) is 0 Å². The zero-order chi connectivity index (χ0) is 13.8. The van der Waals surface area contributed by atoms with Crippen molar-refractivity contribution < 1.29 is 14.6 Å². The summed E-state index contributed by atoms with van der Waals surface area (Å²) in [7, 11) is 0. The molecule has 0 aromatic carbocycles. The maximum Gasteiger partial charge on any atom is 0.407 e. The maximum absolute atomic E-state index is 11.5. The molecular weight excluding hydrogens is 230 g/mol. The standard InChI is InChI=1S/C14H27NO3/c1-13(2,3)18-12(16)15-10-14(4,17)11-8-6-5-7-9-11/h11,17H,5-10H2,1-4H3,(H,15,16). The highest BCUT2D eigenvalue weighted by molar-refractivity contribution is 5.67. The van der Waals surface area contributed by atoms with E-state index in [4.69, 9.17) is 4.74 Å². The number of alkyl carbamates (subject to hydrolysis) is 1. The second-order valence-corrected chi connectivity index (χ2v) is 6.55. The molecule has 0 saturated heterocycles. The highest BCUT2D eigenvalue weighted by Crippen LogP contribution is 2.32. The zero-order valence-corrected chi connectivity index (χ0v) is 12.1. The average Bonchev–Trinajstić information content (AvgIpc) is 2.26. The number of carbonyl (C=O) groups excluding carboxylic acids is 1. The Morgan fingerprint density at radius 3 is 2.28 bits per heavy atom. The molecule has 0 spiro atoms. The Balaban J connectivity index is 2.38. The second-order valence-electron chi connectivity index (χ2n) is 6.55. The fourth-order valence-corrected chi connectivity index (χ4v) is 2.43. The van der Waals surface area contributed by atoms with Gasteiger partial charge >= 0.3 is 6.09 Å². The molecule has 1 aliphatic rings. The van der Waals surface area contributed by atoms with Gasteiger partial charge in [-0.2, -0.15) is 0 Å². The molecule has 1 rings (SSSR count). The average molecular weight is 257 g/mol. The van der Waals surface area contributed by atoms with Crippen LogP contribution in [0.15, 0.2) is 0 Å². The van der Waals surface area contributed by atoms with E-state index in [9.17, 15) is 9.90 Å². The van der Waals surface area contributed by atoms with Gasteiger partial charge in [0.15, 0.2) is 0 Å². The summed E-state index contributed by atoms with van der Waals surface area (Å²) in [4.78, 5) is 11.5. The Morgan fingerprint density at radius 1 is 1.22 bits per heavy atom. The van der Waals surface area contributed by atoms with E-state index in [1.54, 1.807) is 6.92 Å². The van der Waals surface area contributed by atoms with Crippen molar-refractivity contribution in [3.8, 4) is 0 Å². The maximum atomic E-state index is 11.5. The molecule has 1 atom stereocenters. The predicted molar refractivity (Wildman–Crippen MR) is 71.4 cm³/mol. The van der Waals surface area contributed by atoms with Gasteiger partial charge in [-0.3, -0.25) is 0 Å². The summed E-state index contributed by atoms with van der Waals surface area (Å²) < 4.78 is 5.16. The summed E-state index contributed by atoms with van der Waals surface area (Å²) in [6, 6.07) is 0. The van der Waals surface area contributed by atoms with Crippen molar-refractivity contribution in [2.45, 2.75) is 71.0 Å². The molecule has 0 aliphatic heterocycles. The van der Waals surface area contributed by atoms with Crippen molar-refractivity contribution >= 4 is 6.09 Å². The van der Waals surface area contributed by atoms with E-state index in [2.05, 4.69) is 5.32 Å². The topological polar surface area (TPSA) is 58.6 Å². The first kappa shape index (κ1) is 15.3. The minimum absolute atomic E-state index is 0.257. The fourth-order valence-electron chi connectivity index (χ4n) is 2.43. The van der Waals surface area contributed by atoms with Crippen LogP contribution in [0.2, 0.25) is 0 Å². The molecule has 1 saturated carbocycles. The monoisotopic (exact) mass is 257 g/mol. The van der Waals surface area contributed by atoms with Crippen LogP contribution in [0, 0.1) is 5.92 Å². The Kier molecular flexibility index (Phi) is 5.02. The molecule has 4 nitrogen and oxygen atoms in total. The first-order valence-corrected chi connectivity index (χ1v) is 6.90. The van der Waals surface area contributed by atoms with Crippen LogP contribution in [-0.2, 0) is 4.74 Å². The molecule has 1 fully saturated rings. The normalized spacial score (nSPS) is 21.2. The number of nitrogens with one attached hydrogen (secondary N) is 1. The lowest BCUT2D eigenvalue weighted by Crippen LogP contribution is -2.47. The summed E-state index contributed by atoms with van der Waals surface area (Å²) in [6.07, 6.45) is 5.23. The van der Waals surface area contributed by atoms with Crippen LogP contribution in [0.5, 0.6) is 0 Å². The van der Waals surface area contributed by atoms with Gasteiger partial charge in [0.25, 0.3) is 0 Å². The first-order valence-electron chi connectivity index (χ1n) is 6.90. The zero-order valence-electron chi connectivity index (χ0n) is 12.1. The number of ether oxygens (including phenoxy) is 1. The second kappa shape index (κ2) is 5.91. The van der Waals surface area contributed by atoms with Gasteiger partial charge in [0.05, 0.1) is 5.60 Å². The van der Waals surface area contributed by atoms with Gasteiger partial charge in [0.1, 0.15) is 5.60 Å². The molecule has 2 N–H and O–H groups in total. The van der Waals surface area contributed by atoms with Crippen molar-refractivity contribution in [1.82, 2.24) is 5.32 Å². The molecule has 4 heteroatoms. The third-order valence-electron chi connectivity index (χ3n) is 3.47. The summed E-state index contributed by atoms with van der Waals surface area (Å²) in [5.41, 5.74) is -1.34. The van der Waals surface area contributed by atoms with Crippen LogP contribution in [0.4, 0.5) is 4.79 Å². The van der Waals surface area contributed by atoms with Gasteiger partial charge in [-0.15, -0.1) is 0 Å². The molecule has 0 radical (unpaired) electrons. The Bertz CT molecular complexity index is 275. The number of hydrogen-bond donors (Lipinski definition) is 2. The fraction of sp³-hybridized carbons (Fsp3) is 0.929. The van der Waals surface area contributed by atoms with E-state index in [1.165, 1.54) is 19.3 Å². The molecule has 106 valence electrons. The number of carbonyl (C=O) groups is 1. The van der Waals surface area contributed by atoms with Crippen molar-refractivity contribution in [2.24, 2.45) is 5.92 Å². The van der Waals surface area contributed by atoms with Crippen LogP contribution in [-0.4, -0.2) is 28.9 Å². The van der Waals surface area contributed by atoms with E-state index in [0.717, 1.165) is 12.8 Å². The number of rotatable bonds is 3. The molecule has 1 unspecified atom stereocenters. The van der Waals surface area contributed by atoms with Gasteiger partial charge in [-0.25, -0.2) is 4.79 Å². The summed E-state index contributed by atoms with van der Waals surface area (Å²) in [6.45, 7) is 7.54. The van der Waals surface area contributed by atoms with Gasteiger partial charge in [-0.1, -0.05) is 19.3 Å². The molecule has 0 aromatic heterocycles. The largest absolute Gasteiger partial charge is 0.444 e. The van der Waals surface area contributed by atoms with Crippen LogP contribution >= 0.6 is 0 Å². The van der Waals surface area contributed by atoms with Crippen molar-refractivity contribution in [1.29, 1.82) is 0 Å². The Hall–Kier alpha value is -0.770. The van der Waals surface area contributed by atoms with Gasteiger partial charge in [0.2, 0.25) is 0 Å². The lowest BCUT2D eigenvalue weighted by Gasteiger charge is -2.35. The minimum atomic E-state index is -0.836. The predicted octanol–water partition coefficient (Wildman–Crippen LogP) is 2.84. The summed E-state index contributed by atoms with van der Waals surface area (Å²) in [5, 5.41) is 13.1. The molecule has 0 aromatic rings. The minimum Gasteiger partial charge on any atom is -0.444 e. The van der Waals surface area contributed by atoms with Crippen molar-refractivity contribution in [3.63, 3.8) is 0 Å². The molecule has 1 aliphatic carbocycles. The number of hydrogen-bond acceptors (Lipinski definition) is 3. The highest BCUT2D eigenvalue weighted by Gasteiger charge is 2.33. The number of aliphatic hydroxyl groups is 1. The quantitative estimate of drug-likeness (QED) is 0.817. The summed E-state index contributed by atoms with van der Waals surface area (Å²) in [5.74, 6) is 0.279. The lowest BCUT2D eigenvalue weighted by atomic mass is 9.78. The first-order chi connectivity index (χ1) is 8.21. The van der Waals surface area contributed by atoms with E-state index in [-0.39, 0.29) is 12.5 Å². The third-order valence-corrected chi connectivity index (χ3v) is 3.47. The summed E-state index contributed by atoms with van der Waals surface area (Å²) >= 11 is 0. The molecule has 0 bridgehead atoms. The SMILES string of the molecule is CC(C)(C)OC(=O)NCC(C)(O)C1CCCCC1. The highest BCUT2D eigenvalue weighted by atomic mass is 16.6. The molecule has 0 heterocycles. The van der Waals surface area contributed by atoms with Crippen LogP contribution < -0.4 is 5.32 Å². The number of amides is 1. The Labute approximate surface area is 110 Å². The Morgan fingerprint density at radius 2 is 1.78 bits per heavy atom. The van der Waals surface area contributed by atoms with Crippen LogP contribution in [0.1, 0.15) is 59.8 Å². The van der Waals surface area contributed by atoms with E-state index < -0.39 is 17.3 Å². The third kappa shape index (κ3) is 5.25. The van der Waals surface area contributed by atoms with Crippen LogP contribution in [0.3, 0.4) is 0 Å². The van der Waals surface area contributed by atoms with E-state index in [1.807, 2.05) is 20.8 Å². The molecule has 18 heavy (non-hydrogen) atoms. The van der Waals surface area contributed by atoms with Gasteiger partial charge in [-0.05, 0) is 46.5 Å².